The molecule has 0 spiro atoms. The maximum absolute atomic E-state index is 13.0. The van der Waals surface area contributed by atoms with Crippen molar-refractivity contribution in [3.05, 3.63) is 55.4 Å². The highest BCUT2D eigenvalue weighted by molar-refractivity contribution is 9.10. The lowest BCUT2D eigenvalue weighted by Gasteiger charge is -2.12. The predicted molar refractivity (Wildman–Crippen MR) is 75.6 cm³/mol. The Morgan fingerprint density at radius 1 is 1.29 bits per heavy atom. The molecule has 0 aliphatic carbocycles. The Morgan fingerprint density at radius 2 is 2.00 bits per heavy atom. The Morgan fingerprint density at radius 3 is 2.53 bits per heavy atom. The topological polar surface area (TPSA) is 0 Å². The maximum Gasteiger partial charge on any atom is 0.123 e. The minimum atomic E-state index is -0.233. The minimum Gasteiger partial charge on any atom is -0.207 e. The lowest BCUT2D eigenvalue weighted by Crippen LogP contribution is -1.95. The second-order valence-corrected chi connectivity index (χ2v) is 6.51. The van der Waals surface area contributed by atoms with Crippen LogP contribution >= 0.6 is 38.9 Å². The first-order valence-corrected chi connectivity index (χ1v) is 7.19. The molecule has 0 N–H and O–H groups in total. The van der Waals surface area contributed by atoms with Gasteiger partial charge in [-0.25, -0.2) is 4.39 Å². The van der Waals surface area contributed by atoms with Gasteiger partial charge in [0.1, 0.15) is 5.82 Å². The van der Waals surface area contributed by atoms with Crippen LogP contribution in [-0.2, 0) is 0 Å². The van der Waals surface area contributed by atoms with E-state index in [1.54, 1.807) is 17.4 Å². The molecule has 0 fully saturated rings. The monoisotopic (exact) mass is 332 g/mol. The van der Waals surface area contributed by atoms with E-state index in [1.807, 2.05) is 19.9 Å². The van der Waals surface area contributed by atoms with E-state index in [4.69, 9.17) is 11.6 Å². The van der Waals surface area contributed by atoms with Crippen molar-refractivity contribution in [2.24, 2.45) is 0 Å². The van der Waals surface area contributed by atoms with Gasteiger partial charge in [-0.2, -0.15) is 0 Å². The SMILES string of the molecule is Cc1cc(Br)c(C(Cl)c2ccc(F)cc2C)s1. The van der Waals surface area contributed by atoms with E-state index in [-0.39, 0.29) is 11.2 Å². The van der Waals surface area contributed by atoms with Gasteiger partial charge in [0.05, 0.1) is 5.38 Å². The molecular weight excluding hydrogens is 323 g/mol. The summed E-state index contributed by atoms with van der Waals surface area (Å²) in [6.45, 7) is 3.92. The van der Waals surface area contributed by atoms with Crippen LogP contribution in [-0.4, -0.2) is 0 Å². The van der Waals surface area contributed by atoms with E-state index in [9.17, 15) is 4.39 Å². The van der Waals surface area contributed by atoms with Crippen LogP contribution in [0.25, 0.3) is 0 Å². The van der Waals surface area contributed by atoms with E-state index in [2.05, 4.69) is 15.9 Å². The van der Waals surface area contributed by atoms with E-state index in [1.165, 1.54) is 17.0 Å². The quantitative estimate of drug-likeness (QED) is 0.628. The lowest BCUT2D eigenvalue weighted by molar-refractivity contribution is 0.625. The van der Waals surface area contributed by atoms with Crippen molar-refractivity contribution >= 4 is 38.9 Å². The number of halogens is 3. The molecule has 1 aromatic heterocycles. The Labute approximate surface area is 118 Å². The third kappa shape index (κ3) is 2.72. The first-order valence-electron chi connectivity index (χ1n) is 5.15. The van der Waals surface area contributed by atoms with E-state index < -0.39 is 0 Å². The average molecular weight is 334 g/mol. The molecule has 90 valence electrons. The number of rotatable bonds is 2. The third-order valence-corrected chi connectivity index (χ3v) is 5.19. The number of thiophene rings is 1. The normalized spacial score (nSPS) is 12.8. The Kier molecular flexibility index (Phi) is 3.91. The van der Waals surface area contributed by atoms with Crippen molar-refractivity contribution in [2.45, 2.75) is 19.2 Å². The van der Waals surface area contributed by atoms with Crippen LogP contribution in [0.15, 0.2) is 28.7 Å². The standard InChI is InChI=1S/C13H11BrClFS/c1-7-5-9(16)3-4-10(7)12(15)13-11(14)6-8(2)17-13/h3-6,12H,1-2H3. The molecule has 0 nitrogen and oxygen atoms in total. The highest BCUT2D eigenvalue weighted by Crippen LogP contribution is 2.40. The maximum atomic E-state index is 13.0. The Bertz CT molecular complexity index is 550. The zero-order chi connectivity index (χ0) is 12.6. The van der Waals surface area contributed by atoms with Gasteiger partial charge in [0.15, 0.2) is 0 Å². The first kappa shape index (κ1) is 13.1. The molecule has 0 aliphatic rings. The molecule has 0 saturated carbocycles. The fourth-order valence-corrected chi connectivity index (χ4v) is 4.24. The summed E-state index contributed by atoms with van der Waals surface area (Å²) in [5, 5.41) is -0.233. The number of benzene rings is 1. The summed E-state index contributed by atoms with van der Waals surface area (Å²) in [6, 6.07) is 6.77. The summed E-state index contributed by atoms with van der Waals surface area (Å²) >= 11 is 11.6. The summed E-state index contributed by atoms with van der Waals surface area (Å²) in [5.41, 5.74) is 1.83. The molecular formula is C13H11BrClFS. The molecule has 0 bridgehead atoms. The van der Waals surface area contributed by atoms with E-state index >= 15 is 0 Å². The number of hydrogen-bond donors (Lipinski definition) is 0. The van der Waals surface area contributed by atoms with Crippen molar-refractivity contribution in [1.29, 1.82) is 0 Å². The van der Waals surface area contributed by atoms with Gasteiger partial charge in [-0.3, -0.25) is 0 Å². The smallest absolute Gasteiger partial charge is 0.123 e. The van der Waals surface area contributed by atoms with E-state index in [0.29, 0.717) is 0 Å². The summed E-state index contributed by atoms with van der Waals surface area (Å²) in [6.07, 6.45) is 0. The number of alkyl halides is 1. The molecule has 0 radical (unpaired) electrons. The second-order valence-electron chi connectivity index (χ2n) is 3.93. The highest BCUT2D eigenvalue weighted by Gasteiger charge is 2.18. The average Bonchev–Trinajstić information content (AvgIpc) is 2.57. The summed E-state index contributed by atoms with van der Waals surface area (Å²) < 4.78 is 14.1. The fourth-order valence-electron chi connectivity index (χ4n) is 1.74. The number of aryl methyl sites for hydroxylation is 2. The van der Waals surface area contributed by atoms with Gasteiger partial charge in [0.25, 0.3) is 0 Å². The Balaban J connectivity index is 2.43. The van der Waals surface area contributed by atoms with Crippen LogP contribution in [0.5, 0.6) is 0 Å². The fraction of sp³-hybridized carbons (Fsp3) is 0.231. The van der Waals surface area contributed by atoms with Gasteiger partial charge >= 0.3 is 0 Å². The summed E-state index contributed by atoms with van der Waals surface area (Å²) in [5.74, 6) is -0.225. The molecule has 0 aliphatic heterocycles. The van der Waals surface area contributed by atoms with Gasteiger partial charge in [0.2, 0.25) is 0 Å². The van der Waals surface area contributed by atoms with Crippen LogP contribution in [0.4, 0.5) is 4.39 Å². The number of hydrogen-bond acceptors (Lipinski definition) is 1. The molecule has 1 heterocycles. The third-order valence-electron chi connectivity index (χ3n) is 2.57. The van der Waals surface area contributed by atoms with Crippen LogP contribution in [0.3, 0.4) is 0 Å². The van der Waals surface area contributed by atoms with Gasteiger partial charge in [-0.15, -0.1) is 22.9 Å². The van der Waals surface area contributed by atoms with Crippen molar-refractivity contribution < 1.29 is 4.39 Å². The van der Waals surface area contributed by atoms with Crippen LogP contribution in [0.1, 0.15) is 26.3 Å². The van der Waals surface area contributed by atoms with Crippen LogP contribution in [0.2, 0.25) is 0 Å². The van der Waals surface area contributed by atoms with Crippen molar-refractivity contribution in [3.63, 3.8) is 0 Å². The van der Waals surface area contributed by atoms with Gasteiger partial charge in [-0.1, -0.05) is 6.07 Å². The van der Waals surface area contributed by atoms with Gasteiger partial charge in [-0.05, 0) is 59.1 Å². The summed E-state index contributed by atoms with van der Waals surface area (Å²) in [4.78, 5) is 2.27. The molecule has 2 aromatic rings. The van der Waals surface area contributed by atoms with E-state index in [0.717, 1.165) is 20.5 Å². The highest BCUT2D eigenvalue weighted by atomic mass is 79.9. The zero-order valence-corrected chi connectivity index (χ0v) is 12.6. The lowest BCUT2D eigenvalue weighted by atomic mass is 10.0. The molecule has 2 rings (SSSR count). The second kappa shape index (κ2) is 5.09. The van der Waals surface area contributed by atoms with Gasteiger partial charge < -0.3 is 0 Å². The molecule has 1 aromatic carbocycles. The van der Waals surface area contributed by atoms with Gasteiger partial charge in [0, 0.05) is 14.2 Å². The first-order chi connectivity index (χ1) is 7.99. The van der Waals surface area contributed by atoms with Crippen molar-refractivity contribution in [2.75, 3.05) is 0 Å². The van der Waals surface area contributed by atoms with Crippen molar-refractivity contribution in [3.8, 4) is 0 Å². The predicted octanol–water partition coefficient (Wildman–Crippen LogP) is 5.59. The zero-order valence-electron chi connectivity index (χ0n) is 9.43. The molecule has 0 amide bonds. The molecule has 0 saturated heterocycles. The minimum absolute atomic E-state index is 0.225. The largest absolute Gasteiger partial charge is 0.207 e. The Hall–Kier alpha value is -0.380. The van der Waals surface area contributed by atoms with Crippen LogP contribution in [0, 0.1) is 19.7 Å². The molecule has 17 heavy (non-hydrogen) atoms. The molecule has 1 atom stereocenters. The summed E-state index contributed by atoms with van der Waals surface area (Å²) in [7, 11) is 0. The molecule has 4 heteroatoms. The molecule has 1 unspecified atom stereocenters. The van der Waals surface area contributed by atoms with Crippen LogP contribution < -0.4 is 0 Å². The van der Waals surface area contributed by atoms with Crippen molar-refractivity contribution in [1.82, 2.24) is 0 Å².